The van der Waals surface area contributed by atoms with E-state index in [2.05, 4.69) is 5.32 Å². The number of methoxy groups -OCH3 is 2. The Bertz CT molecular complexity index is 925. The summed E-state index contributed by atoms with van der Waals surface area (Å²) in [7, 11) is 6.41. The second-order valence-corrected chi connectivity index (χ2v) is 7.06. The summed E-state index contributed by atoms with van der Waals surface area (Å²) in [5.41, 5.74) is 1.86. The third-order valence-corrected chi connectivity index (χ3v) is 4.76. The molecule has 31 heavy (non-hydrogen) atoms. The number of amides is 3. The average molecular weight is 428 g/mol. The third kappa shape index (κ3) is 6.21. The molecule has 2 aromatic rings. The van der Waals surface area contributed by atoms with Gasteiger partial charge < -0.3 is 24.6 Å². The highest BCUT2D eigenvalue weighted by molar-refractivity contribution is 5.97. The van der Waals surface area contributed by atoms with Crippen molar-refractivity contribution in [2.45, 2.75) is 13.5 Å². The lowest BCUT2D eigenvalue weighted by molar-refractivity contribution is -0.130. The van der Waals surface area contributed by atoms with Crippen molar-refractivity contribution in [3.8, 4) is 11.5 Å². The van der Waals surface area contributed by atoms with E-state index < -0.39 is 0 Å². The molecule has 0 aromatic heterocycles. The molecule has 0 atom stereocenters. The van der Waals surface area contributed by atoms with Gasteiger partial charge in [0.15, 0.2) is 11.5 Å². The molecule has 0 radical (unpaired) electrons. The summed E-state index contributed by atoms with van der Waals surface area (Å²) >= 11 is 0. The van der Waals surface area contributed by atoms with Gasteiger partial charge >= 0.3 is 0 Å². The maximum absolute atomic E-state index is 12.6. The van der Waals surface area contributed by atoms with Gasteiger partial charge in [0.1, 0.15) is 0 Å². The first-order valence-electron chi connectivity index (χ1n) is 9.89. The van der Waals surface area contributed by atoms with Gasteiger partial charge in [0.05, 0.1) is 20.8 Å². The van der Waals surface area contributed by atoms with E-state index in [9.17, 15) is 14.4 Å². The fourth-order valence-electron chi connectivity index (χ4n) is 2.95. The first-order valence-corrected chi connectivity index (χ1v) is 9.89. The summed E-state index contributed by atoms with van der Waals surface area (Å²) < 4.78 is 10.4. The summed E-state index contributed by atoms with van der Waals surface area (Å²) in [5.74, 6) is 0.299. The van der Waals surface area contributed by atoms with Gasteiger partial charge in [-0.25, -0.2) is 0 Å². The van der Waals surface area contributed by atoms with Crippen LogP contribution in [0.1, 0.15) is 33.2 Å². The molecule has 2 rings (SSSR count). The SMILES string of the molecule is CCN(Cc1ccc(C(=O)N(C)C)cc1)C(=O)CNC(=O)c1ccc(OC)c(OC)c1. The number of hydrogen-bond donors (Lipinski definition) is 1. The Morgan fingerprint density at radius 3 is 2.06 bits per heavy atom. The summed E-state index contributed by atoms with van der Waals surface area (Å²) in [4.78, 5) is 40.2. The van der Waals surface area contributed by atoms with E-state index in [1.807, 2.05) is 19.1 Å². The largest absolute Gasteiger partial charge is 0.493 e. The highest BCUT2D eigenvalue weighted by Crippen LogP contribution is 2.27. The molecule has 0 aliphatic rings. The molecule has 8 heteroatoms. The van der Waals surface area contributed by atoms with Gasteiger partial charge in [-0.1, -0.05) is 12.1 Å². The zero-order chi connectivity index (χ0) is 23.0. The lowest BCUT2D eigenvalue weighted by atomic mass is 10.1. The first-order chi connectivity index (χ1) is 14.8. The van der Waals surface area contributed by atoms with Crippen molar-refractivity contribution < 1.29 is 23.9 Å². The normalized spacial score (nSPS) is 10.2. The lowest BCUT2D eigenvalue weighted by Gasteiger charge is -2.21. The quantitative estimate of drug-likeness (QED) is 0.663. The number of ether oxygens (including phenoxy) is 2. The highest BCUT2D eigenvalue weighted by atomic mass is 16.5. The van der Waals surface area contributed by atoms with Crippen molar-refractivity contribution in [1.82, 2.24) is 15.1 Å². The van der Waals surface area contributed by atoms with Gasteiger partial charge in [-0.15, -0.1) is 0 Å². The van der Waals surface area contributed by atoms with Crippen LogP contribution in [-0.2, 0) is 11.3 Å². The fraction of sp³-hybridized carbons (Fsp3) is 0.348. The number of nitrogens with one attached hydrogen (secondary N) is 1. The van der Waals surface area contributed by atoms with Crippen LogP contribution in [-0.4, -0.2) is 68.9 Å². The molecule has 0 aliphatic heterocycles. The predicted molar refractivity (Wildman–Crippen MR) is 117 cm³/mol. The monoisotopic (exact) mass is 427 g/mol. The zero-order valence-electron chi connectivity index (χ0n) is 18.6. The first kappa shape index (κ1) is 23.7. The van der Waals surface area contributed by atoms with Gasteiger partial charge in [0.25, 0.3) is 11.8 Å². The van der Waals surface area contributed by atoms with Crippen molar-refractivity contribution >= 4 is 17.7 Å². The molecule has 8 nitrogen and oxygen atoms in total. The van der Waals surface area contributed by atoms with Crippen LogP contribution >= 0.6 is 0 Å². The Labute approximate surface area is 182 Å². The summed E-state index contributed by atoms with van der Waals surface area (Å²) in [6.45, 7) is 2.62. The number of rotatable bonds is 9. The molecule has 1 N–H and O–H groups in total. The summed E-state index contributed by atoms with van der Waals surface area (Å²) in [6.07, 6.45) is 0. The van der Waals surface area contributed by atoms with E-state index >= 15 is 0 Å². The van der Waals surface area contributed by atoms with E-state index in [0.29, 0.717) is 35.7 Å². The van der Waals surface area contributed by atoms with Crippen LogP contribution in [0.2, 0.25) is 0 Å². The lowest BCUT2D eigenvalue weighted by Crippen LogP contribution is -2.39. The zero-order valence-corrected chi connectivity index (χ0v) is 18.6. The van der Waals surface area contributed by atoms with E-state index in [-0.39, 0.29) is 24.3 Å². The molecule has 166 valence electrons. The van der Waals surface area contributed by atoms with Crippen molar-refractivity contribution in [3.05, 3.63) is 59.2 Å². The Hall–Kier alpha value is -3.55. The number of carbonyl (C=O) groups is 3. The van der Waals surface area contributed by atoms with Crippen LogP contribution in [0.5, 0.6) is 11.5 Å². The van der Waals surface area contributed by atoms with Crippen molar-refractivity contribution in [2.75, 3.05) is 41.4 Å². The van der Waals surface area contributed by atoms with Crippen LogP contribution in [0, 0.1) is 0 Å². The smallest absolute Gasteiger partial charge is 0.253 e. The Morgan fingerprint density at radius 2 is 1.52 bits per heavy atom. The van der Waals surface area contributed by atoms with E-state index in [1.165, 1.54) is 19.1 Å². The minimum absolute atomic E-state index is 0.0761. The molecule has 3 amide bonds. The van der Waals surface area contributed by atoms with Crippen molar-refractivity contribution in [2.24, 2.45) is 0 Å². The van der Waals surface area contributed by atoms with Gasteiger partial charge in [-0.05, 0) is 42.8 Å². The topological polar surface area (TPSA) is 88.2 Å². The Balaban J connectivity index is 1.97. The van der Waals surface area contributed by atoms with E-state index in [4.69, 9.17) is 9.47 Å². The van der Waals surface area contributed by atoms with Gasteiger partial charge in [0.2, 0.25) is 5.91 Å². The highest BCUT2D eigenvalue weighted by Gasteiger charge is 2.16. The second-order valence-electron chi connectivity index (χ2n) is 7.06. The summed E-state index contributed by atoms with van der Waals surface area (Å²) in [5, 5.41) is 2.65. The van der Waals surface area contributed by atoms with Crippen LogP contribution in [0.3, 0.4) is 0 Å². The van der Waals surface area contributed by atoms with Gasteiger partial charge in [-0.2, -0.15) is 0 Å². The van der Waals surface area contributed by atoms with Crippen molar-refractivity contribution in [1.29, 1.82) is 0 Å². The summed E-state index contributed by atoms with van der Waals surface area (Å²) in [6, 6.07) is 12.0. The van der Waals surface area contributed by atoms with Gasteiger partial charge in [-0.3, -0.25) is 14.4 Å². The standard InChI is InChI=1S/C23H29N3O5/c1-6-26(15-16-7-9-17(10-8-16)23(29)25(2)3)21(27)14-24-22(28)18-11-12-19(30-4)20(13-18)31-5/h7-13H,6,14-15H2,1-5H3,(H,24,28). The Kier molecular flexibility index (Phi) is 8.43. The molecule has 0 heterocycles. The molecule has 0 saturated heterocycles. The Morgan fingerprint density at radius 1 is 0.903 bits per heavy atom. The second kappa shape index (κ2) is 11.0. The minimum atomic E-state index is -0.378. The molecule has 0 fully saturated rings. The maximum atomic E-state index is 12.6. The molecule has 0 aliphatic carbocycles. The molecule has 2 aromatic carbocycles. The fourth-order valence-corrected chi connectivity index (χ4v) is 2.95. The minimum Gasteiger partial charge on any atom is -0.493 e. The number of carbonyl (C=O) groups excluding carboxylic acids is 3. The van der Waals surface area contributed by atoms with Crippen molar-refractivity contribution in [3.63, 3.8) is 0 Å². The molecule has 0 saturated carbocycles. The van der Waals surface area contributed by atoms with E-state index in [1.54, 1.807) is 49.3 Å². The number of likely N-dealkylation sites (N-methyl/N-ethyl adjacent to an activating group) is 1. The number of benzene rings is 2. The van der Waals surface area contributed by atoms with Gasteiger partial charge in [0, 0.05) is 38.3 Å². The number of nitrogens with zero attached hydrogens (tertiary/aromatic N) is 2. The third-order valence-electron chi connectivity index (χ3n) is 4.76. The molecule has 0 unspecified atom stereocenters. The molecular formula is C23H29N3O5. The molecular weight excluding hydrogens is 398 g/mol. The van der Waals surface area contributed by atoms with E-state index in [0.717, 1.165) is 5.56 Å². The van der Waals surface area contributed by atoms with Crippen LogP contribution in [0.4, 0.5) is 0 Å². The number of hydrogen-bond acceptors (Lipinski definition) is 5. The molecule has 0 bridgehead atoms. The van der Waals surface area contributed by atoms with Crippen LogP contribution < -0.4 is 14.8 Å². The average Bonchev–Trinajstić information content (AvgIpc) is 2.79. The maximum Gasteiger partial charge on any atom is 0.253 e. The van der Waals surface area contributed by atoms with Crippen LogP contribution in [0.15, 0.2) is 42.5 Å². The van der Waals surface area contributed by atoms with Crippen LogP contribution in [0.25, 0.3) is 0 Å². The predicted octanol–water partition coefficient (Wildman–Crippen LogP) is 2.18. The molecule has 0 spiro atoms.